The first kappa shape index (κ1) is 24.5. The SMILES string of the molecule is CC(C)n1ccc(COc2cc(F)ccc2-c2nnc(-c3ccc4c(c3)CCNC4)c3ccsc23)cc1=O. The highest BCUT2D eigenvalue weighted by atomic mass is 32.1. The summed E-state index contributed by atoms with van der Waals surface area (Å²) in [6, 6.07) is 16.5. The van der Waals surface area contributed by atoms with Crippen molar-refractivity contribution >= 4 is 21.4 Å². The van der Waals surface area contributed by atoms with Crippen molar-refractivity contribution in [1.29, 1.82) is 0 Å². The van der Waals surface area contributed by atoms with Crippen LogP contribution in [0.15, 0.2) is 71.0 Å². The first-order valence-corrected chi connectivity index (χ1v) is 13.6. The van der Waals surface area contributed by atoms with Gasteiger partial charge in [-0.15, -0.1) is 21.5 Å². The number of pyridine rings is 1. The van der Waals surface area contributed by atoms with Crippen LogP contribution in [0.2, 0.25) is 0 Å². The smallest absolute Gasteiger partial charge is 0.251 e. The summed E-state index contributed by atoms with van der Waals surface area (Å²) in [5.41, 5.74) is 6.46. The number of nitrogens with zero attached hydrogens (tertiary/aromatic N) is 3. The van der Waals surface area contributed by atoms with Gasteiger partial charge in [-0.25, -0.2) is 4.39 Å². The molecule has 0 unspecified atom stereocenters. The molecule has 192 valence electrons. The Morgan fingerprint density at radius 3 is 2.76 bits per heavy atom. The summed E-state index contributed by atoms with van der Waals surface area (Å²) in [4.78, 5) is 12.4. The van der Waals surface area contributed by atoms with Crippen molar-refractivity contribution in [1.82, 2.24) is 20.1 Å². The van der Waals surface area contributed by atoms with Crippen LogP contribution in [0.4, 0.5) is 4.39 Å². The normalized spacial score (nSPS) is 13.2. The van der Waals surface area contributed by atoms with Gasteiger partial charge in [-0.3, -0.25) is 4.79 Å². The molecule has 0 amide bonds. The van der Waals surface area contributed by atoms with E-state index < -0.39 is 5.82 Å². The maximum absolute atomic E-state index is 14.3. The molecule has 1 N–H and O–H groups in total. The van der Waals surface area contributed by atoms with Gasteiger partial charge in [0.25, 0.3) is 5.56 Å². The zero-order valence-corrected chi connectivity index (χ0v) is 22.0. The molecule has 0 radical (unpaired) electrons. The number of ether oxygens (including phenoxy) is 1. The van der Waals surface area contributed by atoms with Crippen molar-refractivity contribution in [2.45, 2.75) is 39.5 Å². The van der Waals surface area contributed by atoms with Gasteiger partial charge in [-0.05, 0) is 79.2 Å². The van der Waals surface area contributed by atoms with Crippen LogP contribution < -0.4 is 15.6 Å². The molecule has 6 nitrogen and oxygen atoms in total. The van der Waals surface area contributed by atoms with Gasteiger partial charge in [0.1, 0.15) is 29.6 Å². The van der Waals surface area contributed by atoms with Crippen molar-refractivity contribution in [3.8, 4) is 28.3 Å². The van der Waals surface area contributed by atoms with Crippen LogP contribution in [0.1, 0.15) is 36.6 Å². The third kappa shape index (κ3) is 4.61. The maximum Gasteiger partial charge on any atom is 0.251 e. The monoisotopic (exact) mass is 526 g/mol. The zero-order chi connectivity index (χ0) is 26.2. The minimum atomic E-state index is -0.408. The molecule has 0 saturated carbocycles. The molecule has 1 aliphatic heterocycles. The van der Waals surface area contributed by atoms with E-state index in [0.717, 1.165) is 40.9 Å². The number of thiophene rings is 1. The summed E-state index contributed by atoms with van der Waals surface area (Å²) in [5.74, 6) is -0.0504. The molecule has 0 saturated heterocycles. The first-order valence-electron chi connectivity index (χ1n) is 12.7. The number of aromatic nitrogens is 3. The van der Waals surface area contributed by atoms with Crippen LogP contribution in [0.5, 0.6) is 5.75 Å². The van der Waals surface area contributed by atoms with E-state index in [9.17, 15) is 9.18 Å². The van der Waals surface area contributed by atoms with E-state index >= 15 is 0 Å². The predicted molar refractivity (Wildman–Crippen MR) is 149 cm³/mol. The molecule has 6 rings (SSSR count). The molecule has 0 spiro atoms. The number of fused-ring (bicyclic) bond motifs is 2. The fourth-order valence-corrected chi connectivity index (χ4v) is 5.81. The molecule has 0 fully saturated rings. The van der Waals surface area contributed by atoms with E-state index in [4.69, 9.17) is 4.74 Å². The molecular weight excluding hydrogens is 499 g/mol. The Bertz CT molecular complexity index is 1710. The third-order valence-corrected chi connectivity index (χ3v) is 7.83. The third-order valence-electron chi connectivity index (χ3n) is 6.91. The average molecular weight is 527 g/mol. The molecule has 4 heterocycles. The number of nitrogens with one attached hydrogen (secondary N) is 1. The molecule has 38 heavy (non-hydrogen) atoms. The Labute approximate surface area is 223 Å². The van der Waals surface area contributed by atoms with Crippen LogP contribution in [0.3, 0.4) is 0 Å². The van der Waals surface area contributed by atoms with E-state index in [1.807, 2.05) is 25.3 Å². The summed E-state index contributed by atoms with van der Waals surface area (Å²) < 4.78 is 23.0. The minimum Gasteiger partial charge on any atom is -0.488 e. The molecule has 0 bridgehead atoms. The van der Waals surface area contributed by atoms with Crippen LogP contribution in [-0.2, 0) is 19.6 Å². The van der Waals surface area contributed by atoms with E-state index in [1.54, 1.807) is 34.2 Å². The van der Waals surface area contributed by atoms with E-state index in [0.29, 0.717) is 22.6 Å². The average Bonchev–Trinajstić information content (AvgIpc) is 3.41. The highest BCUT2D eigenvalue weighted by Crippen LogP contribution is 2.39. The number of rotatable bonds is 6. The van der Waals surface area contributed by atoms with Gasteiger partial charge in [0, 0.05) is 47.4 Å². The Morgan fingerprint density at radius 1 is 1.05 bits per heavy atom. The van der Waals surface area contributed by atoms with Crippen molar-refractivity contribution in [2.24, 2.45) is 0 Å². The van der Waals surface area contributed by atoms with E-state index in [-0.39, 0.29) is 18.2 Å². The quantitative estimate of drug-likeness (QED) is 0.288. The highest BCUT2D eigenvalue weighted by molar-refractivity contribution is 7.17. The van der Waals surface area contributed by atoms with Gasteiger partial charge < -0.3 is 14.6 Å². The van der Waals surface area contributed by atoms with Crippen molar-refractivity contribution in [3.63, 3.8) is 0 Å². The largest absolute Gasteiger partial charge is 0.488 e. The Kier molecular flexibility index (Phi) is 6.51. The van der Waals surface area contributed by atoms with Gasteiger partial charge in [0.05, 0.1) is 4.70 Å². The van der Waals surface area contributed by atoms with Gasteiger partial charge in [-0.1, -0.05) is 12.1 Å². The minimum absolute atomic E-state index is 0.0698. The maximum atomic E-state index is 14.3. The number of hydrogen-bond acceptors (Lipinski definition) is 6. The summed E-state index contributed by atoms with van der Waals surface area (Å²) >= 11 is 1.57. The zero-order valence-electron chi connectivity index (χ0n) is 21.2. The number of benzene rings is 2. The Hall–Kier alpha value is -3.88. The van der Waals surface area contributed by atoms with Crippen molar-refractivity contribution < 1.29 is 9.13 Å². The van der Waals surface area contributed by atoms with Crippen LogP contribution in [0.25, 0.3) is 32.6 Å². The fourth-order valence-electron chi connectivity index (χ4n) is 4.91. The molecule has 3 aromatic heterocycles. The summed E-state index contributed by atoms with van der Waals surface area (Å²) in [5, 5.41) is 15.7. The Morgan fingerprint density at radius 2 is 1.92 bits per heavy atom. The molecule has 5 aromatic rings. The topological polar surface area (TPSA) is 69.0 Å². The summed E-state index contributed by atoms with van der Waals surface area (Å²) in [6.45, 7) is 5.90. The molecule has 0 aliphatic carbocycles. The van der Waals surface area contributed by atoms with Crippen LogP contribution in [0, 0.1) is 5.82 Å². The molecule has 0 atom stereocenters. The lowest BCUT2D eigenvalue weighted by Crippen LogP contribution is -2.23. The second kappa shape index (κ2) is 10.1. The van der Waals surface area contributed by atoms with Crippen molar-refractivity contribution in [3.05, 3.63) is 99.0 Å². The standard InChI is InChI=1S/C30H27FN4O2S/c1-18(2)35-11-8-19(13-27(35)36)17-37-26-15-23(31)5-6-24(26)29-30-25(9-12-38-30)28(33-34-29)21-3-4-22-16-32-10-7-20(22)14-21/h3-6,8-9,11-15,18,32H,7,10,16-17H2,1-2H3. The van der Waals surface area contributed by atoms with Crippen molar-refractivity contribution in [2.75, 3.05) is 6.54 Å². The molecular formula is C30H27FN4O2S. The molecule has 1 aliphatic rings. The van der Waals surface area contributed by atoms with Crippen LogP contribution in [-0.4, -0.2) is 21.3 Å². The lowest BCUT2D eigenvalue weighted by atomic mass is 9.96. The number of halogens is 1. The predicted octanol–water partition coefficient (Wildman–Crippen LogP) is 6.13. The highest BCUT2D eigenvalue weighted by Gasteiger charge is 2.19. The fraction of sp³-hybridized carbons (Fsp3) is 0.233. The Balaban J connectivity index is 1.36. The first-order chi connectivity index (χ1) is 18.5. The second-order valence-corrected chi connectivity index (χ2v) is 10.7. The molecule has 8 heteroatoms. The van der Waals surface area contributed by atoms with E-state index in [2.05, 4.69) is 39.8 Å². The lowest BCUT2D eigenvalue weighted by Gasteiger charge is -2.18. The molecule has 2 aromatic carbocycles. The van der Waals surface area contributed by atoms with E-state index in [1.165, 1.54) is 23.3 Å². The van der Waals surface area contributed by atoms with Gasteiger partial charge in [0.2, 0.25) is 0 Å². The van der Waals surface area contributed by atoms with Gasteiger partial charge >= 0.3 is 0 Å². The lowest BCUT2D eigenvalue weighted by molar-refractivity contribution is 0.305. The second-order valence-electron chi connectivity index (χ2n) is 9.77. The summed E-state index contributed by atoms with van der Waals surface area (Å²) in [6.07, 6.45) is 2.75. The van der Waals surface area contributed by atoms with Gasteiger partial charge in [0.15, 0.2) is 0 Å². The number of hydrogen-bond donors (Lipinski definition) is 1. The van der Waals surface area contributed by atoms with Gasteiger partial charge in [-0.2, -0.15) is 0 Å². The van der Waals surface area contributed by atoms with Crippen LogP contribution >= 0.6 is 11.3 Å². The summed E-state index contributed by atoms with van der Waals surface area (Å²) in [7, 11) is 0.